The second kappa shape index (κ2) is 8.09. The molecule has 0 radical (unpaired) electrons. The third-order valence-electron chi connectivity index (χ3n) is 3.85. The van der Waals surface area contributed by atoms with E-state index in [0.717, 1.165) is 5.56 Å². The van der Waals surface area contributed by atoms with Crippen LogP contribution in [0, 0.1) is 12.8 Å². The van der Waals surface area contributed by atoms with Crippen molar-refractivity contribution in [3.63, 3.8) is 0 Å². The van der Waals surface area contributed by atoms with Crippen LogP contribution < -0.4 is 10.6 Å². The zero-order valence-corrected chi connectivity index (χ0v) is 16.1. The zero-order valence-electron chi connectivity index (χ0n) is 15.3. The summed E-state index contributed by atoms with van der Waals surface area (Å²) in [5.74, 6) is 0.00768. The fourth-order valence-electron chi connectivity index (χ4n) is 2.45. The molecular weight excluding hydrogens is 364 g/mol. The number of amides is 2. The first-order chi connectivity index (χ1) is 13.0. The van der Waals surface area contributed by atoms with E-state index in [0.29, 0.717) is 34.3 Å². The van der Waals surface area contributed by atoms with Crippen LogP contribution in [0.3, 0.4) is 0 Å². The van der Waals surface area contributed by atoms with Gasteiger partial charge in [0.25, 0.3) is 11.8 Å². The van der Waals surface area contributed by atoms with E-state index in [1.807, 2.05) is 20.8 Å². The predicted octanol–water partition coefficient (Wildman–Crippen LogP) is 2.67. The molecule has 2 heterocycles. The Morgan fingerprint density at radius 2 is 2.04 bits per heavy atom. The van der Waals surface area contributed by atoms with Gasteiger partial charge < -0.3 is 10.6 Å². The summed E-state index contributed by atoms with van der Waals surface area (Å²) in [7, 11) is 0. The average Bonchev–Trinajstić information content (AvgIpc) is 3.32. The standard InChI is InChI=1S/C18H20N6O2S/c1-11(2)9-19-17(25)13-4-5-14(12(3)8-13)21-18(26)16-15(6-7-27-16)24-10-20-22-23-24/h4-8,10-11H,9H2,1-3H3,(H,19,25)(H,21,26). The number of benzene rings is 1. The fraction of sp³-hybridized carbons (Fsp3) is 0.278. The normalized spacial score (nSPS) is 10.8. The molecule has 3 aromatic rings. The maximum Gasteiger partial charge on any atom is 0.267 e. The average molecular weight is 384 g/mol. The molecule has 0 aliphatic carbocycles. The molecular formula is C18H20N6O2S. The van der Waals surface area contributed by atoms with Crippen molar-refractivity contribution in [1.29, 1.82) is 0 Å². The second-order valence-corrected chi connectivity index (χ2v) is 7.39. The number of thiophene rings is 1. The minimum atomic E-state index is -0.254. The van der Waals surface area contributed by atoms with E-state index < -0.39 is 0 Å². The highest BCUT2D eigenvalue weighted by Gasteiger charge is 2.17. The molecule has 0 aliphatic rings. The fourth-order valence-corrected chi connectivity index (χ4v) is 3.22. The van der Waals surface area contributed by atoms with Crippen molar-refractivity contribution in [1.82, 2.24) is 25.5 Å². The summed E-state index contributed by atoms with van der Waals surface area (Å²) in [6, 6.07) is 6.99. The van der Waals surface area contributed by atoms with Crippen molar-refractivity contribution in [3.8, 4) is 5.69 Å². The number of carbonyl (C=O) groups excluding carboxylic acids is 2. The molecule has 2 aromatic heterocycles. The van der Waals surface area contributed by atoms with Crippen LogP contribution in [0.5, 0.6) is 0 Å². The number of hydrogen-bond donors (Lipinski definition) is 2. The molecule has 1 aromatic carbocycles. The van der Waals surface area contributed by atoms with Crippen molar-refractivity contribution < 1.29 is 9.59 Å². The number of nitrogens with one attached hydrogen (secondary N) is 2. The molecule has 0 fully saturated rings. The number of nitrogens with zero attached hydrogens (tertiary/aromatic N) is 4. The monoisotopic (exact) mass is 384 g/mol. The lowest BCUT2D eigenvalue weighted by atomic mass is 10.1. The lowest BCUT2D eigenvalue weighted by Gasteiger charge is -2.11. The highest BCUT2D eigenvalue weighted by molar-refractivity contribution is 7.12. The van der Waals surface area contributed by atoms with E-state index in [-0.39, 0.29) is 11.8 Å². The first-order valence-corrected chi connectivity index (χ1v) is 9.34. The number of aromatic nitrogens is 4. The predicted molar refractivity (Wildman–Crippen MR) is 103 cm³/mol. The first kappa shape index (κ1) is 18.7. The van der Waals surface area contributed by atoms with Gasteiger partial charge in [0.05, 0.1) is 5.69 Å². The summed E-state index contributed by atoms with van der Waals surface area (Å²) in [5.41, 5.74) is 2.64. The van der Waals surface area contributed by atoms with Gasteiger partial charge in [0, 0.05) is 17.8 Å². The third kappa shape index (κ3) is 4.37. The van der Waals surface area contributed by atoms with Gasteiger partial charge in [0.1, 0.15) is 11.2 Å². The Balaban J connectivity index is 1.74. The van der Waals surface area contributed by atoms with Crippen molar-refractivity contribution in [2.24, 2.45) is 5.92 Å². The maximum atomic E-state index is 12.7. The van der Waals surface area contributed by atoms with Gasteiger partial charge in [-0.1, -0.05) is 13.8 Å². The molecule has 9 heteroatoms. The highest BCUT2D eigenvalue weighted by Crippen LogP contribution is 2.23. The molecule has 0 aliphatic heterocycles. The molecule has 27 heavy (non-hydrogen) atoms. The van der Waals surface area contributed by atoms with Crippen molar-refractivity contribution in [2.75, 3.05) is 11.9 Å². The molecule has 0 saturated heterocycles. The van der Waals surface area contributed by atoms with Crippen LogP contribution in [0.4, 0.5) is 5.69 Å². The molecule has 0 unspecified atom stereocenters. The molecule has 2 amide bonds. The number of rotatable bonds is 6. The quantitative estimate of drug-likeness (QED) is 0.680. The van der Waals surface area contributed by atoms with E-state index >= 15 is 0 Å². The molecule has 2 N–H and O–H groups in total. The van der Waals surface area contributed by atoms with E-state index in [1.165, 1.54) is 22.3 Å². The van der Waals surface area contributed by atoms with Gasteiger partial charge in [-0.15, -0.1) is 16.4 Å². The summed E-state index contributed by atoms with van der Waals surface area (Å²) in [5, 5.41) is 18.6. The van der Waals surface area contributed by atoms with Crippen LogP contribution in [0.15, 0.2) is 36.0 Å². The van der Waals surface area contributed by atoms with Gasteiger partial charge in [-0.2, -0.15) is 4.68 Å². The van der Waals surface area contributed by atoms with Crippen molar-refractivity contribution in [2.45, 2.75) is 20.8 Å². The molecule has 0 spiro atoms. The SMILES string of the molecule is Cc1cc(C(=O)NCC(C)C)ccc1NC(=O)c1sccc1-n1cnnn1. The number of hydrogen-bond acceptors (Lipinski definition) is 6. The van der Waals surface area contributed by atoms with Crippen molar-refractivity contribution in [3.05, 3.63) is 52.0 Å². The Morgan fingerprint density at radius 3 is 2.70 bits per heavy atom. The van der Waals surface area contributed by atoms with Gasteiger partial charge in [0.2, 0.25) is 0 Å². The van der Waals surface area contributed by atoms with Crippen LogP contribution in [0.1, 0.15) is 39.4 Å². The lowest BCUT2D eigenvalue weighted by Crippen LogP contribution is -2.27. The molecule has 0 bridgehead atoms. The summed E-state index contributed by atoms with van der Waals surface area (Å²) in [6.45, 7) is 6.55. The molecule has 140 valence electrons. The zero-order chi connectivity index (χ0) is 19.4. The molecule has 8 nitrogen and oxygen atoms in total. The van der Waals surface area contributed by atoms with E-state index in [1.54, 1.807) is 29.6 Å². The van der Waals surface area contributed by atoms with Crippen LogP contribution >= 0.6 is 11.3 Å². The smallest absolute Gasteiger partial charge is 0.267 e. The van der Waals surface area contributed by atoms with E-state index in [2.05, 4.69) is 26.2 Å². The summed E-state index contributed by atoms with van der Waals surface area (Å²) < 4.78 is 1.44. The Morgan fingerprint density at radius 1 is 1.22 bits per heavy atom. The Labute approximate surface area is 160 Å². The van der Waals surface area contributed by atoms with Gasteiger partial charge in [-0.3, -0.25) is 9.59 Å². The van der Waals surface area contributed by atoms with Gasteiger partial charge in [-0.05, 0) is 58.5 Å². The van der Waals surface area contributed by atoms with Crippen LogP contribution in [-0.2, 0) is 0 Å². The summed E-state index contributed by atoms with van der Waals surface area (Å²) in [4.78, 5) is 25.4. The number of aryl methyl sites for hydroxylation is 1. The maximum absolute atomic E-state index is 12.7. The topological polar surface area (TPSA) is 102 Å². The second-order valence-electron chi connectivity index (χ2n) is 6.48. The Bertz CT molecular complexity index is 949. The lowest BCUT2D eigenvalue weighted by molar-refractivity contribution is 0.0948. The molecule has 0 saturated carbocycles. The van der Waals surface area contributed by atoms with Crippen LogP contribution in [-0.4, -0.2) is 38.6 Å². The minimum absolute atomic E-state index is 0.121. The van der Waals surface area contributed by atoms with Crippen LogP contribution in [0.2, 0.25) is 0 Å². The van der Waals surface area contributed by atoms with Gasteiger partial charge in [0.15, 0.2) is 0 Å². The van der Waals surface area contributed by atoms with Gasteiger partial charge >= 0.3 is 0 Å². The number of tetrazole rings is 1. The van der Waals surface area contributed by atoms with Gasteiger partial charge in [-0.25, -0.2) is 0 Å². The van der Waals surface area contributed by atoms with E-state index in [4.69, 9.17) is 0 Å². The van der Waals surface area contributed by atoms with Crippen LogP contribution in [0.25, 0.3) is 5.69 Å². The number of carbonyl (C=O) groups is 2. The number of anilines is 1. The molecule has 3 rings (SSSR count). The third-order valence-corrected chi connectivity index (χ3v) is 4.76. The minimum Gasteiger partial charge on any atom is -0.352 e. The first-order valence-electron chi connectivity index (χ1n) is 8.46. The Kier molecular flexibility index (Phi) is 5.60. The summed E-state index contributed by atoms with van der Waals surface area (Å²) >= 11 is 1.31. The highest BCUT2D eigenvalue weighted by atomic mass is 32.1. The molecule has 0 atom stereocenters. The summed E-state index contributed by atoms with van der Waals surface area (Å²) in [6.07, 6.45) is 1.44. The van der Waals surface area contributed by atoms with E-state index in [9.17, 15) is 9.59 Å². The Hall–Kier alpha value is -3.07. The largest absolute Gasteiger partial charge is 0.352 e. The van der Waals surface area contributed by atoms with Crippen molar-refractivity contribution >= 4 is 28.8 Å².